The lowest BCUT2D eigenvalue weighted by Crippen LogP contribution is -2.60. The summed E-state index contributed by atoms with van der Waals surface area (Å²) < 4.78 is 13.9. The SMILES string of the molecule is CCOC(Cc1csc2ccccc12)(OCC)[C@H](C)NC(=O)[C@H](CC(=O)NC(c1ccccc1)(c1ccccc1)c1ccccc1)NC(=O)CONC(=O)NCc1cccc2ccccc12. The van der Waals surface area contributed by atoms with E-state index in [2.05, 4.69) is 38.2 Å². The molecule has 0 saturated heterocycles. The number of carbonyl (C=O) groups is 4. The number of urea groups is 1. The van der Waals surface area contributed by atoms with Crippen molar-refractivity contribution in [3.8, 4) is 0 Å². The summed E-state index contributed by atoms with van der Waals surface area (Å²) in [5.74, 6) is -3.25. The normalized spacial score (nSPS) is 12.5. The minimum absolute atomic E-state index is 0.211. The van der Waals surface area contributed by atoms with E-state index in [-0.39, 0.29) is 19.8 Å². The molecule has 5 N–H and O–H groups in total. The van der Waals surface area contributed by atoms with E-state index in [4.69, 9.17) is 14.3 Å². The van der Waals surface area contributed by atoms with Crippen molar-refractivity contribution in [3.63, 3.8) is 0 Å². The van der Waals surface area contributed by atoms with Gasteiger partial charge in [0.2, 0.25) is 17.7 Å². The second kappa shape index (κ2) is 22.3. The van der Waals surface area contributed by atoms with Crippen molar-refractivity contribution in [1.29, 1.82) is 0 Å². The average molecular weight is 906 g/mol. The summed E-state index contributed by atoms with van der Waals surface area (Å²) in [6.07, 6.45) is -0.156. The van der Waals surface area contributed by atoms with Gasteiger partial charge in [0.1, 0.15) is 11.6 Å². The van der Waals surface area contributed by atoms with Gasteiger partial charge < -0.3 is 30.7 Å². The molecule has 0 unspecified atom stereocenters. The number of rotatable bonds is 21. The molecule has 0 spiro atoms. The van der Waals surface area contributed by atoms with Crippen molar-refractivity contribution in [2.75, 3.05) is 19.8 Å². The maximum atomic E-state index is 14.7. The number of hydroxylamine groups is 1. The first-order valence-corrected chi connectivity index (χ1v) is 23.0. The van der Waals surface area contributed by atoms with E-state index in [1.165, 1.54) is 0 Å². The molecule has 12 nitrogen and oxygen atoms in total. The first-order chi connectivity index (χ1) is 32.2. The maximum absolute atomic E-state index is 14.7. The van der Waals surface area contributed by atoms with Crippen LogP contribution in [0, 0.1) is 0 Å². The Bertz CT molecular complexity index is 2610. The molecule has 0 bridgehead atoms. The van der Waals surface area contributed by atoms with Gasteiger partial charge in [-0.1, -0.05) is 152 Å². The molecule has 6 aromatic carbocycles. The maximum Gasteiger partial charge on any atom is 0.338 e. The van der Waals surface area contributed by atoms with Crippen molar-refractivity contribution < 1.29 is 33.5 Å². The number of fused-ring (bicyclic) bond motifs is 2. The molecule has 1 heterocycles. The van der Waals surface area contributed by atoms with Crippen LogP contribution in [0.25, 0.3) is 20.9 Å². The Morgan fingerprint density at radius 2 is 1.18 bits per heavy atom. The smallest absolute Gasteiger partial charge is 0.338 e. The Labute approximate surface area is 389 Å². The van der Waals surface area contributed by atoms with Gasteiger partial charge in [0.05, 0.1) is 12.5 Å². The molecule has 0 saturated carbocycles. The van der Waals surface area contributed by atoms with Crippen LogP contribution in [0.15, 0.2) is 163 Å². The topological polar surface area (TPSA) is 156 Å². The molecule has 0 aliphatic rings. The number of thiophene rings is 1. The summed E-state index contributed by atoms with van der Waals surface area (Å²) in [6, 6.07) is 47.6. The highest BCUT2D eigenvalue weighted by atomic mass is 32.1. The average Bonchev–Trinajstić information content (AvgIpc) is 3.75. The van der Waals surface area contributed by atoms with E-state index < -0.39 is 60.2 Å². The summed E-state index contributed by atoms with van der Waals surface area (Å²) >= 11 is 1.61. The van der Waals surface area contributed by atoms with Gasteiger partial charge in [-0.3, -0.25) is 19.2 Å². The number of amides is 5. The van der Waals surface area contributed by atoms with E-state index in [0.717, 1.165) is 48.7 Å². The Morgan fingerprint density at radius 1 is 0.621 bits per heavy atom. The summed E-state index contributed by atoms with van der Waals surface area (Å²) in [6.45, 7) is 5.62. The van der Waals surface area contributed by atoms with Crippen LogP contribution >= 0.6 is 11.3 Å². The van der Waals surface area contributed by atoms with Crippen molar-refractivity contribution >= 4 is 55.9 Å². The van der Waals surface area contributed by atoms with Crippen LogP contribution in [-0.4, -0.2) is 61.4 Å². The summed E-state index contributed by atoms with van der Waals surface area (Å²) in [7, 11) is 0. The number of ether oxygens (including phenoxy) is 2. The Balaban J connectivity index is 1.12. The molecule has 7 rings (SSSR count). The second-order valence-electron chi connectivity index (χ2n) is 15.8. The second-order valence-corrected chi connectivity index (χ2v) is 16.7. The molecule has 0 aliphatic heterocycles. The lowest BCUT2D eigenvalue weighted by Gasteiger charge is -2.39. The first-order valence-electron chi connectivity index (χ1n) is 22.1. The number of hydrogen-bond donors (Lipinski definition) is 5. The fourth-order valence-corrected chi connectivity index (χ4v) is 9.35. The quantitative estimate of drug-likeness (QED) is 0.0276. The third-order valence-corrected chi connectivity index (χ3v) is 12.5. The molecule has 0 radical (unpaired) electrons. The Hall–Kier alpha value is -6.90. The van der Waals surface area contributed by atoms with Crippen LogP contribution in [0.1, 0.15) is 55.0 Å². The molecule has 0 aliphatic carbocycles. The molecule has 340 valence electrons. The van der Waals surface area contributed by atoms with Crippen LogP contribution < -0.4 is 26.7 Å². The molecule has 7 aromatic rings. The molecule has 13 heteroatoms. The Kier molecular flexibility index (Phi) is 15.9. The summed E-state index contributed by atoms with van der Waals surface area (Å²) in [5.41, 5.74) is 5.31. The highest BCUT2D eigenvalue weighted by Crippen LogP contribution is 2.37. The minimum Gasteiger partial charge on any atom is -0.348 e. The highest BCUT2D eigenvalue weighted by Gasteiger charge is 2.42. The van der Waals surface area contributed by atoms with Crippen molar-refractivity contribution in [2.24, 2.45) is 0 Å². The van der Waals surface area contributed by atoms with E-state index >= 15 is 0 Å². The molecule has 1 aromatic heterocycles. The van der Waals surface area contributed by atoms with E-state index in [1.54, 1.807) is 18.3 Å². The van der Waals surface area contributed by atoms with Gasteiger partial charge in [0, 0.05) is 30.9 Å². The fraction of sp³-hybridized carbons (Fsp3) is 0.245. The van der Waals surface area contributed by atoms with Gasteiger partial charge in [-0.25, -0.2) is 10.3 Å². The van der Waals surface area contributed by atoms with Crippen LogP contribution in [-0.2, 0) is 47.2 Å². The Morgan fingerprint density at radius 3 is 1.80 bits per heavy atom. The highest BCUT2D eigenvalue weighted by molar-refractivity contribution is 7.17. The van der Waals surface area contributed by atoms with Gasteiger partial charge in [-0.2, -0.15) is 0 Å². The fourth-order valence-electron chi connectivity index (χ4n) is 8.39. The van der Waals surface area contributed by atoms with Gasteiger partial charge in [-0.05, 0) is 76.2 Å². The molecule has 0 fully saturated rings. The molecule has 5 amide bonds. The van der Waals surface area contributed by atoms with E-state index in [9.17, 15) is 19.2 Å². The summed E-state index contributed by atoms with van der Waals surface area (Å²) in [4.78, 5) is 61.1. The van der Waals surface area contributed by atoms with Crippen molar-refractivity contribution in [1.82, 2.24) is 26.7 Å². The standard InChI is InChI=1S/C53H55N5O7S/c1-4-63-52(64-5-2,33-40-36-66-47-31-18-17-30-45(40)47)37(3)55-50(61)46(56-49(60)35-65-58-51(62)54-34-39-22-19-21-38-20-15-16-29-44(38)39)32-48(59)57-53(41-23-9-6-10-24-41,42-25-11-7-12-26-42)43-27-13-8-14-28-43/h6-31,36-37,46H,4-5,32-35H2,1-3H3,(H,55,61)(H,56,60)(H,57,59)(H2,54,58,62)/t37-,46-/m0/s1. The zero-order valence-electron chi connectivity index (χ0n) is 37.3. The van der Waals surface area contributed by atoms with Gasteiger partial charge in [0.25, 0.3) is 0 Å². The number of benzene rings is 6. The molecule has 2 atom stereocenters. The third-order valence-electron chi connectivity index (χ3n) is 11.5. The first kappa shape index (κ1) is 47.1. The summed E-state index contributed by atoms with van der Waals surface area (Å²) in [5, 5.41) is 16.9. The number of nitrogens with one attached hydrogen (secondary N) is 5. The molecular weight excluding hydrogens is 851 g/mol. The van der Waals surface area contributed by atoms with E-state index in [0.29, 0.717) is 6.42 Å². The number of hydrogen-bond acceptors (Lipinski definition) is 8. The monoisotopic (exact) mass is 905 g/mol. The third kappa shape index (κ3) is 11.1. The largest absolute Gasteiger partial charge is 0.348 e. The van der Waals surface area contributed by atoms with Gasteiger partial charge >= 0.3 is 6.03 Å². The van der Waals surface area contributed by atoms with Gasteiger partial charge in [-0.15, -0.1) is 11.3 Å². The van der Waals surface area contributed by atoms with Crippen LogP contribution in [0.4, 0.5) is 4.79 Å². The zero-order valence-corrected chi connectivity index (χ0v) is 38.1. The molecular formula is C53H55N5O7S. The molecule has 66 heavy (non-hydrogen) atoms. The van der Waals surface area contributed by atoms with Crippen LogP contribution in [0.2, 0.25) is 0 Å². The lowest BCUT2D eigenvalue weighted by atomic mass is 9.77. The predicted molar refractivity (Wildman–Crippen MR) is 258 cm³/mol. The van der Waals surface area contributed by atoms with E-state index in [1.807, 2.05) is 166 Å². The zero-order chi connectivity index (χ0) is 46.4. The van der Waals surface area contributed by atoms with Gasteiger partial charge in [0.15, 0.2) is 12.4 Å². The lowest BCUT2D eigenvalue weighted by molar-refractivity contribution is -0.246. The predicted octanol–water partition coefficient (Wildman–Crippen LogP) is 8.29. The number of carbonyl (C=O) groups excluding carboxylic acids is 4. The van der Waals surface area contributed by atoms with Crippen LogP contribution in [0.5, 0.6) is 0 Å². The van der Waals surface area contributed by atoms with Crippen molar-refractivity contribution in [3.05, 3.63) is 191 Å². The van der Waals surface area contributed by atoms with Crippen molar-refractivity contribution in [2.45, 2.75) is 63.6 Å². The van der Waals surface area contributed by atoms with Crippen LogP contribution in [0.3, 0.4) is 0 Å². The minimum atomic E-state index is -1.41.